The van der Waals surface area contributed by atoms with Gasteiger partial charge in [-0.25, -0.2) is 4.39 Å². The molecule has 22 heavy (non-hydrogen) atoms. The van der Waals surface area contributed by atoms with Gasteiger partial charge in [0.15, 0.2) is 5.96 Å². The second kappa shape index (κ2) is 10.9. The number of hydrogen-bond acceptors (Lipinski definition) is 2. The van der Waals surface area contributed by atoms with E-state index in [1.165, 1.54) is 12.1 Å². The summed E-state index contributed by atoms with van der Waals surface area (Å²) in [6.45, 7) is 9.53. The van der Waals surface area contributed by atoms with Crippen LogP contribution in [0.2, 0.25) is 0 Å². The summed E-state index contributed by atoms with van der Waals surface area (Å²) >= 11 is 0. The summed E-state index contributed by atoms with van der Waals surface area (Å²) in [5, 5.41) is 6.55. The van der Waals surface area contributed by atoms with Gasteiger partial charge in [0.1, 0.15) is 11.6 Å². The lowest BCUT2D eigenvalue weighted by Crippen LogP contribution is -2.38. The Morgan fingerprint density at radius 3 is 2.55 bits per heavy atom. The number of unbranched alkanes of at least 4 members (excludes halogenated alkanes) is 1. The molecule has 0 aliphatic rings. The Labute approximate surface area is 133 Å². The van der Waals surface area contributed by atoms with Gasteiger partial charge in [0.05, 0.1) is 6.61 Å². The molecule has 5 heteroatoms. The van der Waals surface area contributed by atoms with E-state index in [1.54, 1.807) is 12.1 Å². The van der Waals surface area contributed by atoms with Gasteiger partial charge in [-0.3, -0.25) is 4.99 Å². The topological polar surface area (TPSA) is 45.7 Å². The molecule has 0 unspecified atom stereocenters. The average molecular weight is 309 g/mol. The molecule has 0 radical (unpaired) electrons. The standard InChI is InChI=1S/C17H28FN3O/c1-4-19-17(21-13-14(2)3)20-11-5-6-12-22-16-9-7-15(18)8-10-16/h7-10,14H,4-6,11-13H2,1-3H3,(H2,19,20,21). The number of nitrogens with zero attached hydrogens (tertiary/aromatic N) is 1. The molecule has 124 valence electrons. The van der Waals surface area contributed by atoms with Gasteiger partial charge in [-0.15, -0.1) is 0 Å². The maximum absolute atomic E-state index is 12.7. The third kappa shape index (κ3) is 8.49. The van der Waals surface area contributed by atoms with Crippen LogP contribution in [0.5, 0.6) is 5.75 Å². The first kappa shape index (κ1) is 18.3. The molecule has 0 spiro atoms. The van der Waals surface area contributed by atoms with Crippen LogP contribution in [-0.2, 0) is 0 Å². The van der Waals surface area contributed by atoms with E-state index < -0.39 is 0 Å². The highest BCUT2D eigenvalue weighted by atomic mass is 19.1. The van der Waals surface area contributed by atoms with Crippen LogP contribution in [0, 0.1) is 11.7 Å². The minimum atomic E-state index is -0.242. The molecule has 1 rings (SSSR count). The zero-order valence-electron chi connectivity index (χ0n) is 13.9. The van der Waals surface area contributed by atoms with Gasteiger partial charge >= 0.3 is 0 Å². The van der Waals surface area contributed by atoms with Crippen LogP contribution >= 0.6 is 0 Å². The molecule has 0 atom stereocenters. The molecule has 0 aliphatic carbocycles. The Kier molecular flexibility index (Phi) is 9.03. The van der Waals surface area contributed by atoms with Crippen LogP contribution in [0.1, 0.15) is 33.6 Å². The van der Waals surface area contributed by atoms with Crippen LogP contribution in [0.3, 0.4) is 0 Å². The number of aliphatic imine (C=N–C) groups is 1. The molecule has 0 aliphatic heterocycles. The van der Waals surface area contributed by atoms with Crippen molar-refractivity contribution in [2.45, 2.75) is 33.6 Å². The van der Waals surface area contributed by atoms with Crippen molar-refractivity contribution < 1.29 is 9.13 Å². The second-order valence-corrected chi connectivity index (χ2v) is 5.55. The number of ether oxygens (including phenoxy) is 1. The van der Waals surface area contributed by atoms with Gasteiger partial charge in [-0.05, 0) is 49.9 Å². The monoisotopic (exact) mass is 309 g/mol. The van der Waals surface area contributed by atoms with E-state index in [0.29, 0.717) is 18.3 Å². The summed E-state index contributed by atoms with van der Waals surface area (Å²) in [5.41, 5.74) is 0. The molecule has 0 heterocycles. The van der Waals surface area contributed by atoms with Crippen LogP contribution in [0.4, 0.5) is 4.39 Å². The van der Waals surface area contributed by atoms with Crippen LogP contribution in [0.15, 0.2) is 29.3 Å². The number of rotatable bonds is 9. The van der Waals surface area contributed by atoms with Crippen molar-refractivity contribution in [2.24, 2.45) is 10.9 Å². The first-order valence-corrected chi connectivity index (χ1v) is 8.02. The summed E-state index contributed by atoms with van der Waals surface area (Å²) in [7, 11) is 0. The van der Waals surface area contributed by atoms with Crippen molar-refractivity contribution in [1.82, 2.24) is 10.6 Å². The molecule has 4 nitrogen and oxygen atoms in total. The number of hydrogen-bond donors (Lipinski definition) is 2. The lowest BCUT2D eigenvalue weighted by Gasteiger charge is -2.12. The minimum absolute atomic E-state index is 0.242. The van der Waals surface area contributed by atoms with Gasteiger partial charge in [0.25, 0.3) is 0 Å². The van der Waals surface area contributed by atoms with Crippen molar-refractivity contribution >= 4 is 5.96 Å². The smallest absolute Gasteiger partial charge is 0.191 e. The number of nitrogens with one attached hydrogen (secondary N) is 2. The highest BCUT2D eigenvalue weighted by Gasteiger charge is 1.99. The number of halogens is 1. The van der Waals surface area contributed by atoms with Gasteiger partial charge in [0.2, 0.25) is 0 Å². The van der Waals surface area contributed by atoms with Crippen molar-refractivity contribution in [1.29, 1.82) is 0 Å². The van der Waals surface area contributed by atoms with Crippen LogP contribution in [-0.4, -0.2) is 32.2 Å². The maximum atomic E-state index is 12.7. The second-order valence-electron chi connectivity index (χ2n) is 5.55. The molecule has 0 aromatic heterocycles. The van der Waals surface area contributed by atoms with E-state index >= 15 is 0 Å². The first-order valence-electron chi connectivity index (χ1n) is 8.02. The molecule has 0 saturated heterocycles. The fourth-order valence-electron chi connectivity index (χ4n) is 1.77. The molecular weight excluding hydrogens is 281 g/mol. The fraction of sp³-hybridized carbons (Fsp3) is 0.588. The van der Waals surface area contributed by atoms with Gasteiger partial charge < -0.3 is 15.4 Å². The largest absolute Gasteiger partial charge is 0.494 e. The maximum Gasteiger partial charge on any atom is 0.191 e. The summed E-state index contributed by atoms with van der Waals surface area (Å²) < 4.78 is 18.3. The summed E-state index contributed by atoms with van der Waals surface area (Å²) in [6.07, 6.45) is 1.93. The number of benzene rings is 1. The van der Waals surface area contributed by atoms with Gasteiger partial charge in [-0.2, -0.15) is 0 Å². The fourth-order valence-corrected chi connectivity index (χ4v) is 1.77. The van der Waals surface area contributed by atoms with E-state index in [-0.39, 0.29) is 5.82 Å². The molecule has 0 bridgehead atoms. The van der Waals surface area contributed by atoms with Crippen molar-refractivity contribution in [3.05, 3.63) is 30.1 Å². The molecule has 0 saturated carbocycles. The lowest BCUT2D eigenvalue weighted by molar-refractivity contribution is 0.306. The molecule has 1 aromatic rings. The zero-order chi connectivity index (χ0) is 16.2. The quantitative estimate of drug-likeness (QED) is 0.418. The van der Waals surface area contributed by atoms with Crippen molar-refractivity contribution in [3.63, 3.8) is 0 Å². The predicted molar refractivity (Wildman–Crippen MR) is 89.9 cm³/mol. The predicted octanol–water partition coefficient (Wildman–Crippen LogP) is 3.20. The van der Waals surface area contributed by atoms with Crippen LogP contribution < -0.4 is 15.4 Å². The lowest BCUT2D eigenvalue weighted by atomic mass is 10.2. The molecule has 0 amide bonds. The van der Waals surface area contributed by atoms with Gasteiger partial charge in [0, 0.05) is 19.6 Å². The summed E-state index contributed by atoms with van der Waals surface area (Å²) in [4.78, 5) is 4.51. The summed E-state index contributed by atoms with van der Waals surface area (Å²) in [5.74, 6) is 1.89. The zero-order valence-corrected chi connectivity index (χ0v) is 13.9. The Bertz CT molecular complexity index is 432. The third-order valence-corrected chi connectivity index (χ3v) is 2.90. The Morgan fingerprint density at radius 1 is 1.18 bits per heavy atom. The van der Waals surface area contributed by atoms with Gasteiger partial charge in [-0.1, -0.05) is 13.8 Å². The molecule has 2 N–H and O–H groups in total. The first-order chi connectivity index (χ1) is 10.6. The van der Waals surface area contributed by atoms with Crippen LogP contribution in [0.25, 0.3) is 0 Å². The Balaban J connectivity index is 2.14. The average Bonchev–Trinajstić information content (AvgIpc) is 2.49. The van der Waals surface area contributed by atoms with E-state index in [1.807, 2.05) is 0 Å². The van der Waals surface area contributed by atoms with Crippen molar-refractivity contribution in [2.75, 3.05) is 26.2 Å². The molecular formula is C17H28FN3O. The number of guanidine groups is 1. The highest BCUT2D eigenvalue weighted by molar-refractivity contribution is 5.79. The van der Waals surface area contributed by atoms with E-state index in [4.69, 9.17) is 4.74 Å². The van der Waals surface area contributed by atoms with E-state index in [9.17, 15) is 4.39 Å². The minimum Gasteiger partial charge on any atom is -0.494 e. The highest BCUT2D eigenvalue weighted by Crippen LogP contribution is 2.11. The van der Waals surface area contributed by atoms with Crippen molar-refractivity contribution in [3.8, 4) is 5.75 Å². The SMILES string of the molecule is CCNC(=NCC(C)C)NCCCCOc1ccc(F)cc1. The molecule has 1 aromatic carbocycles. The van der Waals surface area contributed by atoms with E-state index in [0.717, 1.165) is 38.4 Å². The third-order valence-electron chi connectivity index (χ3n) is 2.90. The summed E-state index contributed by atoms with van der Waals surface area (Å²) in [6, 6.07) is 6.11. The Morgan fingerprint density at radius 2 is 1.91 bits per heavy atom. The molecule has 0 fully saturated rings. The van der Waals surface area contributed by atoms with E-state index in [2.05, 4.69) is 36.4 Å². The normalized spacial score (nSPS) is 11.6. The Hall–Kier alpha value is -1.78.